The Hall–Kier alpha value is -3.25. The van der Waals surface area contributed by atoms with Crippen molar-refractivity contribution in [3.8, 4) is 0 Å². The van der Waals surface area contributed by atoms with Crippen LogP contribution in [0.1, 0.15) is 28.8 Å². The number of hydrogen-bond acceptors (Lipinski definition) is 6. The van der Waals surface area contributed by atoms with E-state index in [4.69, 9.17) is 10.7 Å². The zero-order chi connectivity index (χ0) is 20.2. The molecule has 0 bridgehead atoms. The van der Waals surface area contributed by atoms with Crippen LogP contribution >= 0.6 is 0 Å². The van der Waals surface area contributed by atoms with Crippen LogP contribution in [-0.4, -0.2) is 40.6 Å². The van der Waals surface area contributed by atoms with Crippen LogP contribution in [0.3, 0.4) is 0 Å². The van der Waals surface area contributed by atoms with E-state index in [-0.39, 0.29) is 18.3 Å². The summed E-state index contributed by atoms with van der Waals surface area (Å²) >= 11 is 0. The highest BCUT2D eigenvalue weighted by molar-refractivity contribution is 6.13. The SMILES string of the molecule is Nc1c(C(=O)/C=C/c2ccccc2)cnc2ccc(N3CCCC(CO)C3)nc12. The van der Waals surface area contributed by atoms with Crippen LogP contribution in [0.5, 0.6) is 0 Å². The Morgan fingerprint density at radius 3 is 2.86 bits per heavy atom. The van der Waals surface area contributed by atoms with Crippen molar-refractivity contribution in [2.45, 2.75) is 12.8 Å². The number of anilines is 2. The average Bonchev–Trinajstić information content (AvgIpc) is 2.78. The zero-order valence-electron chi connectivity index (χ0n) is 16.2. The van der Waals surface area contributed by atoms with Gasteiger partial charge in [0.15, 0.2) is 5.78 Å². The van der Waals surface area contributed by atoms with E-state index in [0.29, 0.717) is 22.3 Å². The highest BCUT2D eigenvalue weighted by Crippen LogP contribution is 2.27. The average molecular weight is 388 g/mol. The molecule has 1 aliphatic heterocycles. The van der Waals surface area contributed by atoms with E-state index in [2.05, 4.69) is 9.88 Å². The lowest BCUT2D eigenvalue weighted by Gasteiger charge is -2.32. The van der Waals surface area contributed by atoms with Crippen molar-refractivity contribution < 1.29 is 9.90 Å². The van der Waals surface area contributed by atoms with Gasteiger partial charge >= 0.3 is 0 Å². The summed E-state index contributed by atoms with van der Waals surface area (Å²) in [4.78, 5) is 23.9. The van der Waals surface area contributed by atoms with E-state index in [9.17, 15) is 9.90 Å². The second-order valence-corrected chi connectivity index (χ2v) is 7.37. The molecule has 1 atom stereocenters. The highest BCUT2D eigenvalue weighted by atomic mass is 16.3. The maximum Gasteiger partial charge on any atom is 0.189 e. The Labute approximate surface area is 169 Å². The first-order valence-corrected chi connectivity index (χ1v) is 9.84. The summed E-state index contributed by atoms with van der Waals surface area (Å²) in [6.45, 7) is 1.84. The maximum atomic E-state index is 12.7. The molecule has 3 aromatic rings. The van der Waals surface area contributed by atoms with Crippen molar-refractivity contribution in [2.24, 2.45) is 5.92 Å². The summed E-state index contributed by atoms with van der Waals surface area (Å²) < 4.78 is 0. The summed E-state index contributed by atoms with van der Waals surface area (Å²) in [5, 5.41) is 9.48. The van der Waals surface area contributed by atoms with Crippen molar-refractivity contribution >= 4 is 34.4 Å². The van der Waals surface area contributed by atoms with Crippen molar-refractivity contribution in [3.05, 3.63) is 65.9 Å². The lowest BCUT2D eigenvalue weighted by atomic mass is 9.99. The van der Waals surface area contributed by atoms with Gasteiger partial charge in [0.2, 0.25) is 0 Å². The van der Waals surface area contributed by atoms with Crippen LogP contribution in [-0.2, 0) is 0 Å². The molecule has 0 amide bonds. The number of nitrogens with zero attached hydrogens (tertiary/aromatic N) is 3. The van der Waals surface area contributed by atoms with Crippen LogP contribution in [0.4, 0.5) is 11.5 Å². The van der Waals surface area contributed by atoms with E-state index >= 15 is 0 Å². The predicted molar refractivity (Wildman–Crippen MR) is 116 cm³/mol. The number of carbonyl (C=O) groups is 1. The molecule has 2 aromatic heterocycles. The minimum Gasteiger partial charge on any atom is -0.396 e. The fourth-order valence-corrected chi connectivity index (χ4v) is 3.70. The van der Waals surface area contributed by atoms with Crippen molar-refractivity contribution in [1.82, 2.24) is 9.97 Å². The Kier molecular flexibility index (Phi) is 5.53. The second-order valence-electron chi connectivity index (χ2n) is 7.37. The smallest absolute Gasteiger partial charge is 0.189 e. The predicted octanol–water partition coefficient (Wildman–Crippen LogP) is 3.32. The number of nitrogens with two attached hydrogens (primary N) is 1. The molecule has 29 heavy (non-hydrogen) atoms. The molecule has 0 saturated carbocycles. The second kappa shape index (κ2) is 8.41. The van der Waals surface area contributed by atoms with Crippen LogP contribution in [0.15, 0.2) is 54.7 Å². The van der Waals surface area contributed by atoms with E-state index < -0.39 is 0 Å². The van der Waals surface area contributed by atoms with Gasteiger partial charge in [-0.15, -0.1) is 0 Å². The van der Waals surface area contributed by atoms with Gasteiger partial charge in [-0.1, -0.05) is 36.4 Å². The quantitative estimate of drug-likeness (QED) is 0.515. The minimum atomic E-state index is -0.203. The normalized spacial score (nSPS) is 17.1. The highest BCUT2D eigenvalue weighted by Gasteiger charge is 2.21. The maximum absolute atomic E-state index is 12.7. The van der Waals surface area contributed by atoms with Crippen LogP contribution < -0.4 is 10.6 Å². The molecule has 1 fully saturated rings. The molecule has 148 valence electrons. The third-order valence-electron chi connectivity index (χ3n) is 5.33. The Morgan fingerprint density at radius 1 is 1.24 bits per heavy atom. The molecule has 1 saturated heterocycles. The van der Waals surface area contributed by atoms with Gasteiger partial charge in [-0.2, -0.15) is 0 Å². The van der Waals surface area contributed by atoms with Crippen LogP contribution in [0, 0.1) is 5.92 Å². The summed E-state index contributed by atoms with van der Waals surface area (Å²) in [6.07, 6.45) is 6.82. The molecule has 0 spiro atoms. The van der Waals surface area contributed by atoms with Gasteiger partial charge in [0, 0.05) is 25.9 Å². The summed E-state index contributed by atoms with van der Waals surface area (Å²) in [6, 6.07) is 13.4. The largest absolute Gasteiger partial charge is 0.396 e. The monoisotopic (exact) mass is 388 g/mol. The number of rotatable bonds is 5. The summed E-state index contributed by atoms with van der Waals surface area (Å²) in [7, 11) is 0. The van der Waals surface area contributed by atoms with E-state index in [1.165, 1.54) is 12.3 Å². The molecule has 6 nitrogen and oxygen atoms in total. The van der Waals surface area contributed by atoms with Gasteiger partial charge in [0.05, 0.1) is 16.8 Å². The standard InChI is InChI=1S/C23H24N4O2/c24-22-18(20(29)10-8-16-5-2-1-3-6-16)13-25-19-9-11-21(26-23(19)22)27-12-4-7-17(14-27)15-28/h1-3,5-6,8-11,13,17,28H,4,7,12,14-15H2,(H2,24,25)/b10-8+. The summed E-state index contributed by atoms with van der Waals surface area (Å²) in [5.74, 6) is 0.854. The molecule has 3 N–H and O–H groups in total. The van der Waals surface area contributed by atoms with Crippen molar-refractivity contribution in [3.63, 3.8) is 0 Å². The molecular formula is C23H24N4O2. The lowest BCUT2D eigenvalue weighted by Crippen LogP contribution is -2.37. The van der Waals surface area contributed by atoms with Crippen molar-refractivity contribution in [1.29, 1.82) is 0 Å². The minimum absolute atomic E-state index is 0.181. The van der Waals surface area contributed by atoms with Crippen LogP contribution in [0.2, 0.25) is 0 Å². The van der Waals surface area contributed by atoms with Gasteiger partial charge in [0.25, 0.3) is 0 Å². The number of piperidine rings is 1. The number of aliphatic hydroxyl groups excluding tert-OH is 1. The first kappa shape index (κ1) is 19.1. The van der Waals surface area contributed by atoms with E-state index in [0.717, 1.165) is 37.3 Å². The van der Waals surface area contributed by atoms with Gasteiger partial charge in [-0.05, 0) is 42.5 Å². The Morgan fingerprint density at radius 2 is 2.07 bits per heavy atom. The topological polar surface area (TPSA) is 92.3 Å². The Bertz CT molecular complexity index is 1050. The number of ketones is 1. The third-order valence-corrected chi connectivity index (χ3v) is 5.33. The number of benzene rings is 1. The number of hydrogen-bond donors (Lipinski definition) is 2. The van der Waals surface area contributed by atoms with Crippen molar-refractivity contribution in [2.75, 3.05) is 30.3 Å². The first-order chi connectivity index (χ1) is 14.2. The Balaban J connectivity index is 1.63. The van der Waals surface area contributed by atoms with Gasteiger partial charge in [-0.25, -0.2) is 4.98 Å². The first-order valence-electron chi connectivity index (χ1n) is 9.84. The van der Waals surface area contributed by atoms with Gasteiger partial charge < -0.3 is 15.7 Å². The zero-order valence-corrected chi connectivity index (χ0v) is 16.2. The number of aromatic nitrogens is 2. The third kappa shape index (κ3) is 4.12. The fraction of sp³-hybridized carbons (Fsp3) is 0.261. The molecule has 0 aliphatic carbocycles. The molecule has 1 aromatic carbocycles. The molecule has 3 heterocycles. The van der Waals surface area contributed by atoms with Crippen LogP contribution in [0.25, 0.3) is 17.1 Å². The number of allylic oxidation sites excluding steroid dienone is 1. The molecule has 1 unspecified atom stereocenters. The fourth-order valence-electron chi connectivity index (χ4n) is 3.70. The molecule has 0 radical (unpaired) electrons. The van der Waals surface area contributed by atoms with Gasteiger partial charge in [0.1, 0.15) is 11.3 Å². The molecule has 1 aliphatic rings. The number of fused-ring (bicyclic) bond motifs is 1. The molecule has 6 heteroatoms. The number of carbonyl (C=O) groups excluding carboxylic acids is 1. The van der Waals surface area contributed by atoms with E-state index in [1.54, 1.807) is 6.08 Å². The van der Waals surface area contributed by atoms with E-state index in [1.807, 2.05) is 42.5 Å². The lowest BCUT2D eigenvalue weighted by molar-refractivity contribution is 0.104. The summed E-state index contributed by atoms with van der Waals surface area (Å²) in [5.41, 5.74) is 9.15. The molecular weight excluding hydrogens is 364 g/mol. The number of pyridine rings is 2. The number of aliphatic hydroxyl groups is 1. The van der Waals surface area contributed by atoms with Gasteiger partial charge in [-0.3, -0.25) is 9.78 Å². The molecule has 4 rings (SSSR count). The number of nitrogen functional groups attached to an aromatic ring is 1.